The molecule has 0 saturated heterocycles. The number of rotatable bonds is 8. The van der Waals surface area contributed by atoms with Crippen LogP contribution in [0.4, 0.5) is 17.6 Å². The molecule has 3 rings (SSSR count). The van der Waals surface area contributed by atoms with Crippen LogP contribution in [-0.4, -0.2) is 57.2 Å². The van der Waals surface area contributed by atoms with E-state index in [-0.39, 0.29) is 6.54 Å². The van der Waals surface area contributed by atoms with Crippen LogP contribution in [0.3, 0.4) is 0 Å². The maximum Gasteiger partial charge on any atom is 0.323 e. The van der Waals surface area contributed by atoms with E-state index < -0.39 is 46.4 Å². The Morgan fingerprint density at radius 3 is 2.68 bits per heavy atom. The standard InChI is InChI=1S/C20H21F4N5O2/c1-18(7-3-9-31-2)8-6-17(25-11-18)20(23,24)19(30,12-29-13-26-27-28-29)15-5-4-14(21)10-16(15)22/h3-8,10,13,30H,9,11-12H2,1-2H3/b7-3+. The van der Waals surface area contributed by atoms with Crippen LogP contribution in [0.5, 0.6) is 0 Å². The molecule has 1 N–H and O–H groups in total. The predicted octanol–water partition coefficient (Wildman–Crippen LogP) is 2.69. The molecule has 1 aliphatic heterocycles. The number of nitrogens with zero attached hydrogens (tertiary/aromatic N) is 5. The van der Waals surface area contributed by atoms with E-state index in [1.807, 2.05) is 0 Å². The van der Waals surface area contributed by atoms with Gasteiger partial charge >= 0.3 is 5.92 Å². The Morgan fingerprint density at radius 2 is 2.10 bits per heavy atom. The van der Waals surface area contributed by atoms with Gasteiger partial charge in [-0.1, -0.05) is 25.2 Å². The molecule has 7 nitrogen and oxygen atoms in total. The topological polar surface area (TPSA) is 85.4 Å². The molecule has 0 radical (unpaired) electrons. The van der Waals surface area contributed by atoms with Gasteiger partial charge in [-0.2, -0.15) is 8.78 Å². The molecule has 2 unspecified atom stereocenters. The molecule has 1 aliphatic rings. The summed E-state index contributed by atoms with van der Waals surface area (Å²) in [4.78, 5) is 3.97. The van der Waals surface area contributed by atoms with Crippen molar-refractivity contribution in [3.05, 3.63) is 66.0 Å². The summed E-state index contributed by atoms with van der Waals surface area (Å²) >= 11 is 0. The number of aliphatic hydroxyl groups is 1. The number of tetrazole rings is 1. The number of hydrogen-bond donors (Lipinski definition) is 1. The summed E-state index contributed by atoms with van der Waals surface area (Å²) in [7, 11) is 1.53. The van der Waals surface area contributed by atoms with Gasteiger partial charge in [0, 0.05) is 24.2 Å². The van der Waals surface area contributed by atoms with Crippen molar-refractivity contribution < 1.29 is 27.4 Å². The Kier molecular flexibility index (Phi) is 6.37. The van der Waals surface area contributed by atoms with Crippen molar-refractivity contribution in [3.8, 4) is 0 Å². The Hall–Kier alpha value is -2.92. The zero-order valence-electron chi connectivity index (χ0n) is 16.8. The van der Waals surface area contributed by atoms with Crippen molar-refractivity contribution in [3.63, 3.8) is 0 Å². The quantitative estimate of drug-likeness (QED) is 0.505. The number of aliphatic imine (C=N–C) groups is 1. The number of hydrogen-bond acceptors (Lipinski definition) is 6. The van der Waals surface area contributed by atoms with Crippen molar-refractivity contribution >= 4 is 5.71 Å². The third kappa shape index (κ3) is 4.57. The number of benzene rings is 1. The number of halogens is 4. The van der Waals surface area contributed by atoms with Gasteiger partial charge in [-0.05, 0) is 28.6 Å². The fourth-order valence-electron chi connectivity index (χ4n) is 3.23. The van der Waals surface area contributed by atoms with Crippen LogP contribution in [0, 0.1) is 17.0 Å². The van der Waals surface area contributed by atoms with Crippen molar-refractivity contribution in [1.29, 1.82) is 0 Å². The second kappa shape index (κ2) is 8.67. The lowest BCUT2D eigenvalue weighted by Crippen LogP contribution is -2.54. The van der Waals surface area contributed by atoms with Gasteiger partial charge in [0.2, 0.25) is 0 Å². The van der Waals surface area contributed by atoms with Gasteiger partial charge in [0.15, 0.2) is 5.60 Å². The summed E-state index contributed by atoms with van der Waals surface area (Å²) in [5.74, 6) is -6.36. The number of aromatic nitrogens is 4. The lowest BCUT2D eigenvalue weighted by atomic mass is 9.81. The molecule has 2 heterocycles. The second-order valence-corrected chi connectivity index (χ2v) is 7.46. The van der Waals surface area contributed by atoms with Crippen molar-refractivity contribution in [2.75, 3.05) is 20.3 Å². The van der Waals surface area contributed by atoms with Crippen molar-refractivity contribution in [2.45, 2.75) is 25.0 Å². The molecule has 31 heavy (non-hydrogen) atoms. The summed E-state index contributed by atoms with van der Waals surface area (Å²) < 4.78 is 65.0. The van der Waals surface area contributed by atoms with E-state index in [4.69, 9.17) is 4.74 Å². The van der Waals surface area contributed by atoms with Gasteiger partial charge in [0.1, 0.15) is 23.7 Å². The third-order valence-electron chi connectivity index (χ3n) is 4.97. The highest BCUT2D eigenvalue weighted by Gasteiger charge is 2.58. The zero-order valence-corrected chi connectivity index (χ0v) is 16.8. The molecule has 166 valence electrons. The van der Waals surface area contributed by atoms with E-state index in [1.165, 1.54) is 13.2 Å². The number of methoxy groups -OCH3 is 1. The van der Waals surface area contributed by atoms with Gasteiger partial charge in [0.25, 0.3) is 0 Å². The molecule has 0 amide bonds. The van der Waals surface area contributed by atoms with Gasteiger partial charge < -0.3 is 9.84 Å². The molecule has 2 atom stereocenters. The summed E-state index contributed by atoms with van der Waals surface area (Å²) in [6.45, 7) is 1.22. The van der Waals surface area contributed by atoms with E-state index in [2.05, 4.69) is 20.5 Å². The van der Waals surface area contributed by atoms with E-state index in [0.29, 0.717) is 12.7 Å². The van der Waals surface area contributed by atoms with E-state index in [0.717, 1.165) is 29.2 Å². The van der Waals surface area contributed by atoms with Crippen molar-refractivity contribution in [1.82, 2.24) is 20.2 Å². The Labute approximate surface area is 175 Å². The van der Waals surface area contributed by atoms with Gasteiger partial charge in [-0.15, -0.1) is 5.10 Å². The molecule has 1 aromatic carbocycles. The molecular formula is C20H21F4N5O2. The van der Waals surface area contributed by atoms with Crippen LogP contribution in [0.25, 0.3) is 0 Å². The number of allylic oxidation sites excluding steroid dienone is 1. The highest BCUT2D eigenvalue weighted by Crippen LogP contribution is 2.43. The summed E-state index contributed by atoms with van der Waals surface area (Å²) in [5, 5.41) is 21.3. The lowest BCUT2D eigenvalue weighted by molar-refractivity contribution is -0.154. The highest BCUT2D eigenvalue weighted by atomic mass is 19.3. The van der Waals surface area contributed by atoms with E-state index in [9.17, 15) is 13.9 Å². The molecular weight excluding hydrogens is 418 g/mol. The van der Waals surface area contributed by atoms with Crippen LogP contribution in [0.1, 0.15) is 12.5 Å². The molecule has 2 aromatic rings. The first kappa shape index (κ1) is 22.8. The first-order chi connectivity index (χ1) is 14.6. The Balaban J connectivity index is 2.00. The smallest absolute Gasteiger partial charge is 0.323 e. The highest BCUT2D eigenvalue weighted by molar-refractivity contribution is 6.02. The molecule has 0 spiro atoms. The van der Waals surface area contributed by atoms with E-state index in [1.54, 1.807) is 19.1 Å². The number of ether oxygens (including phenoxy) is 1. The normalized spacial score (nSPS) is 21.3. The first-order valence-corrected chi connectivity index (χ1v) is 9.29. The second-order valence-electron chi connectivity index (χ2n) is 7.46. The molecule has 1 aromatic heterocycles. The largest absolute Gasteiger partial charge is 0.381 e. The van der Waals surface area contributed by atoms with Crippen LogP contribution < -0.4 is 0 Å². The van der Waals surface area contributed by atoms with Crippen LogP contribution in [0.2, 0.25) is 0 Å². The zero-order chi connectivity index (χ0) is 22.7. The SMILES string of the molecule is COC/C=C/C1(C)C=CC(C(F)(F)C(O)(Cn2cnnn2)c2ccc(F)cc2F)=NC1. The summed E-state index contributed by atoms with van der Waals surface area (Å²) in [6, 6.07) is 1.98. The number of dihydropyridines is 1. The average molecular weight is 439 g/mol. The molecule has 0 aliphatic carbocycles. The van der Waals surface area contributed by atoms with Gasteiger partial charge in [-0.25, -0.2) is 13.5 Å². The third-order valence-corrected chi connectivity index (χ3v) is 4.97. The Morgan fingerprint density at radius 1 is 1.32 bits per heavy atom. The number of alkyl halides is 2. The lowest BCUT2D eigenvalue weighted by Gasteiger charge is -2.37. The first-order valence-electron chi connectivity index (χ1n) is 9.29. The van der Waals surface area contributed by atoms with Crippen LogP contribution >= 0.6 is 0 Å². The molecule has 0 fully saturated rings. The minimum atomic E-state index is -4.06. The Bertz CT molecular complexity index is 1010. The molecule has 11 heteroatoms. The van der Waals surface area contributed by atoms with Crippen LogP contribution in [-0.2, 0) is 16.9 Å². The monoisotopic (exact) mass is 439 g/mol. The summed E-state index contributed by atoms with van der Waals surface area (Å²) in [6.07, 6.45) is 7.13. The summed E-state index contributed by atoms with van der Waals surface area (Å²) in [5.41, 5.74) is -5.33. The maximum atomic E-state index is 15.7. The predicted molar refractivity (Wildman–Crippen MR) is 104 cm³/mol. The van der Waals surface area contributed by atoms with Gasteiger partial charge in [-0.3, -0.25) is 4.99 Å². The molecule has 0 bridgehead atoms. The van der Waals surface area contributed by atoms with Crippen LogP contribution in [0.15, 0.2) is 53.8 Å². The fourth-order valence-corrected chi connectivity index (χ4v) is 3.23. The van der Waals surface area contributed by atoms with E-state index >= 15 is 8.78 Å². The average Bonchev–Trinajstić information content (AvgIpc) is 3.21. The minimum Gasteiger partial charge on any atom is -0.381 e. The molecule has 0 saturated carbocycles. The fraction of sp³-hybridized carbons (Fsp3) is 0.400. The minimum absolute atomic E-state index is 0.0263. The van der Waals surface area contributed by atoms with Gasteiger partial charge in [0.05, 0.1) is 19.7 Å². The maximum absolute atomic E-state index is 15.7. The van der Waals surface area contributed by atoms with Crippen molar-refractivity contribution in [2.24, 2.45) is 10.4 Å².